The number of nitrogens with one attached hydrogen (secondary N) is 1. The Hall–Kier alpha value is -0.930. The van der Waals surface area contributed by atoms with E-state index in [1.54, 1.807) is 6.07 Å². The van der Waals surface area contributed by atoms with Gasteiger partial charge in [-0.15, -0.1) is 0 Å². The fraction of sp³-hybridized carbons (Fsp3) is 0.625. The van der Waals surface area contributed by atoms with Crippen molar-refractivity contribution in [2.75, 3.05) is 27.2 Å². The van der Waals surface area contributed by atoms with Gasteiger partial charge in [0.05, 0.1) is 0 Å². The molecule has 1 atom stereocenters. The van der Waals surface area contributed by atoms with Gasteiger partial charge in [0.15, 0.2) is 0 Å². The molecule has 19 heavy (non-hydrogen) atoms. The number of hydrogen-bond donors (Lipinski definition) is 1. The lowest BCUT2D eigenvalue weighted by molar-refractivity contribution is 0.223. The number of nitrogens with zero attached hydrogens (tertiary/aromatic N) is 1. The predicted molar refractivity (Wildman–Crippen MR) is 77.8 cm³/mol. The van der Waals surface area contributed by atoms with Crippen LogP contribution in [0, 0.1) is 18.7 Å². The van der Waals surface area contributed by atoms with Gasteiger partial charge < -0.3 is 10.2 Å². The summed E-state index contributed by atoms with van der Waals surface area (Å²) in [5.41, 5.74) is 1.98. The molecule has 1 aromatic carbocycles. The number of piperidine rings is 1. The first-order chi connectivity index (χ1) is 9.08. The number of benzene rings is 1. The third-order valence-electron chi connectivity index (χ3n) is 4.21. The van der Waals surface area contributed by atoms with Crippen molar-refractivity contribution in [3.05, 3.63) is 35.1 Å². The van der Waals surface area contributed by atoms with Gasteiger partial charge in [0.1, 0.15) is 5.82 Å². The average Bonchev–Trinajstić information content (AvgIpc) is 2.40. The molecule has 1 aliphatic heterocycles. The highest BCUT2D eigenvalue weighted by atomic mass is 19.1. The molecule has 0 aromatic heterocycles. The third-order valence-corrected chi connectivity index (χ3v) is 4.21. The zero-order valence-electron chi connectivity index (χ0n) is 12.2. The average molecular weight is 264 g/mol. The molecule has 0 amide bonds. The molecule has 1 saturated heterocycles. The molecule has 0 aliphatic carbocycles. The summed E-state index contributed by atoms with van der Waals surface area (Å²) in [5, 5.41) is 3.41. The van der Waals surface area contributed by atoms with Crippen molar-refractivity contribution < 1.29 is 4.39 Å². The van der Waals surface area contributed by atoms with Crippen LogP contribution >= 0.6 is 0 Å². The first-order valence-electron chi connectivity index (χ1n) is 7.21. The smallest absolute Gasteiger partial charge is 0.126 e. The van der Waals surface area contributed by atoms with Gasteiger partial charge in [-0.25, -0.2) is 4.39 Å². The van der Waals surface area contributed by atoms with Crippen molar-refractivity contribution in [3.8, 4) is 0 Å². The second-order valence-electron chi connectivity index (χ2n) is 5.92. The zero-order chi connectivity index (χ0) is 13.8. The van der Waals surface area contributed by atoms with Crippen LogP contribution in [0.3, 0.4) is 0 Å². The summed E-state index contributed by atoms with van der Waals surface area (Å²) < 4.78 is 13.4. The van der Waals surface area contributed by atoms with Crippen LogP contribution in [0.25, 0.3) is 0 Å². The summed E-state index contributed by atoms with van der Waals surface area (Å²) in [6, 6.07) is 5.93. The topological polar surface area (TPSA) is 15.3 Å². The fourth-order valence-corrected chi connectivity index (χ4v) is 2.95. The zero-order valence-corrected chi connectivity index (χ0v) is 12.2. The van der Waals surface area contributed by atoms with Gasteiger partial charge in [-0.1, -0.05) is 12.1 Å². The van der Waals surface area contributed by atoms with Gasteiger partial charge in [-0.2, -0.15) is 0 Å². The Bertz CT molecular complexity index is 411. The largest absolute Gasteiger partial charge is 0.317 e. The molecule has 0 radical (unpaired) electrons. The van der Waals surface area contributed by atoms with Crippen LogP contribution in [0.2, 0.25) is 0 Å². The van der Waals surface area contributed by atoms with Crippen LogP contribution in [0.1, 0.15) is 36.4 Å². The van der Waals surface area contributed by atoms with Crippen molar-refractivity contribution in [1.82, 2.24) is 10.2 Å². The van der Waals surface area contributed by atoms with Gasteiger partial charge in [0, 0.05) is 6.04 Å². The van der Waals surface area contributed by atoms with Gasteiger partial charge in [-0.05, 0) is 76.5 Å². The van der Waals surface area contributed by atoms with E-state index in [9.17, 15) is 4.39 Å². The number of hydrogen-bond acceptors (Lipinski definition) is 2. The maximum absolute atomic E-state index is 13.4. The SMILES string of the molecule is Cc1cc(C(CC2CCNCC2)N(C)C)ccc1F. The minimum absolute atomic E-state index is 0.108. The highest BCUT2D eigenvalue weighted by Gasteiger charge is 2.22. The molecule has 106 valence electrons. The van der Waals surface area contributed by atoms with Gasteiger partial charge in [0.2, 0.25) is 0 Å². The summed E-state index contributed by atoms with van der Waals surface area (Å²) in [7, 11) is 4.23. The Kier molecular flexibility index (Phi) is 4.94. The lowest BCUT2D eigenvalue weighted by Gasteiger charge is -2.31. The van der Waals surface area contributed by atoms with Gasteiger partial charge in [0.25, 0.3) is 0 Å². The summed E-state index contributed by atoms with van der Waals surface area (Å²) in [4.78, 5) is 2.26. The maximum Gasteiger partial charge on any atom is 0.126 e. The molecular weight excluding hydrogens is 239 g/mol. The minimum atomic E-state index is -0.108. The number of aryl methyl sites for hydroxylation is 1. The normalized spacial score (nSPS) is 18.8. The first kappa shape index (κ1) is 14.5. The van der Waals surface area contributed by atoms with Crippen molar-refractivity contribution in [1.29, 1.82) is 0 Å². The number of halogens is 1. The Morgan fingerprint density at radius 1 is 1.32 bits per heavy atom. The molecule has 2 rings (SSSR count). The maximum atomic E-state index is 13.4. The van der Waals surface area contributed by atoms with E-state index < -0.39 is 0 Å². The molecule has 0 spiro atoms. The van der Waals surface area contributed by atoms with Crippen LogP contribution in [0.5, 0.6) is 0 Å². The van der Waals surface area contributed by atoms with Gasteiger partial charge in [-0.3, -0.25) is 0 Å². The molecular formula is C16H25FN2. The van der Waals surface area contributed by atoms with Gasteiger partial charge >= 0.3 is 0 Å². The van der Waals surface area contributed by atoms with E-state index in [2.05, 4.69) is 24.3 Å². The van der Waals surface area contributed by atoms with Crippen molar-refractivity contribution in [3.63, 3.8) is 0 Å². The molecule has 1 aromatic rings. The molecule has 1 heterocycles. The fourth-order valence-electron chi connectivity index (χ4n) is 2.95. The van der Waals surface area contributed by atoms with Crippen molar-refractivity contribution in [2.24, 2.45) is 5.92 Å². The molecule has 3 heteroatoms. The molecule has 2 nitrogen and oxygen atoms in total. The second-order valence-corrected chi connectivity index (χ2v) is 5.92. The van der Waals surface area contributed by atoms with Crippen LogP contribution in [0.15, 0.2) is 18.2 Å². The molecule has 1 fully saturated rings. The minimum Gasteiger partial charge on any atom is -0.317 e. The molecule has 1 unspecified atom stereocenters. The lowest BCUT2D eigenvalue weighted by Crippen LogP contribution is -2.31. The summed E-state index contributed by atoms with van der Waals surface area (Å²) in [6.45, 7) is 4.11. The summed E-state index contributed by atoms with van der Waals surface area (Å²) >= 11 is 0. The molecule has 1 aliphatic rings. The monoisotopic (exact) mass is 264 g/mol. The van der Waals surface area contributed by atoms with E-state index in [-0.39, 0.29) is 5.82 Å². The highest BCUT2D eigenvalue weighted by Crippen LogP contribution is 2.30. The Balaban J connectivity index is 2.12. The Labute approximate surface area is 116 Å². The summed E-state index contributed by atoms with van der Waals surface area (Å²) in [6.07, 6.45) is 3.68. The molecule has 1 N–H and O–H groups in total. The van der Waals surface area contributed by atoms with E-state index in [0.29, 0.717) is 6.04 Å². The predicted octanol–water partition coefficient (Wildman–Crippen LogP) is 3.13. The molecule has 0 saturated carbocycles. The third kappa shape index (κ3) is 3.77. The lowest BCUT2D eigenvalue weighted by atomic mass is 9.87. The van der Waals surface area contributed by atoms with Crippen molar-refractivity contribution >= 4 is 0 Å². The van der Waals surface area contributed by atoms with Crippen LogP contribution in [0.4, 0.5) is 4.39 Å². The highest BCUT2D eigenvalue weighted by molar-refractivity contribution is 5.26. The van der Waals surface area contributed by atoms with Crippen LogP contribution in [-0.4, -0.2) is 32.1 Å². The van der Waals surface area contributed by atoms with Crippen molar-refractivity contribution in [2.45, 2.75) is 32.2 Å². The molecule has 0 bridgehead atoms. The Morgan fingerprint density at radius 2 is 2.00 bits per heavy atom. The van der Waals surface area contributed by atoms with E-state index in [0.717, 1.165) is 24.6 Å². The van der Waals surface area contributed by atoms with E-state index in [4.69, 9.17) is 0 Å². The number of rotatable bonds is 4. The second kappa shape index (κ2) is 6.49. The van der Waals surface area contributed by atoms with Crippen LogP contribution in [-0.2, 0) is 0 Å². The quantitative estimate of drug-likeness (QED) is 0.899. The van der Waals surface area contributed by atoms with E-state index in [1.165, 1.54) is 24.8 Å². The summed E-state index contributed by atoms with van der Waals surface area (Å²) in [5.74, 6) is 0.669. The van der Waals surface area contributed by atoms with Crippen LogP contribution < -0.4 is 5.32 Å². The van der Waals surface area contributed by atoms with E-state index in [1.807, 2.05) is 19.1 Å². The Morgan fingerprint density at radius 3 is 2.58 bits per heavy atom. The van der Waals surface area contributed by atoms with E-state index >= 15 is 0 Å². The standard InChI is InChI=1S/C16H25FN2/c1-12-10-14(4-5-15(12)17)16(19(2)3)11-13-6-8-18-9-7-13/h4-5,10,13,16,18H,6-9,11H2,1-3H3. The first-order valence-corrected chi connectivity index (χ1v) is 7.21.